The van der Waals surface area contributed by atoms with E-state index >= 15 is 0 Å². The van der Waals surface area contributed by atoms with E-state index in [1.165, 1.54) is 0 Å². The summed E-state index contributed by atoms with van der Waals surface area (Å²) in [5.74, 6) is -2.80. The van der Waals surface area contributed by atoms with Crippen LogP contribution in [0.2, 0.25) is 5.02 Å². The van der Waals surface area contributed by atoms with Crippen LogP contribution in [0.25, 0.3) is 10.9 Å². The van der Waals surface area contributed by atoms with E-state index < -0.39 is 11.8 Å². The zero-order valence-electron chi connectivity index (χ0n) is 27.4. The van der Waals surface area contributed by atoms with E-state index in [1.54, 1.807) is 18.3 Å². The minimum Gasteiger partial charge on any atom is -0.481 e. The lowest BCUT2D eigenvalue weighted by molar-refractivity contribution is -0.274. The van der Waals surface area contributed by atoms with Gasteiger partial charge in [0.05, 0.1) is 40.5 Å². The van der Waals surface area contributed by atoms with Crippen molar-refractivity contribution in [2.45, 2.75) is 83.0 Å². The van der Waals surface area contributed by atoms with Gasteiger partial charge in [-0.25, -0.2) is 0 Å². The number of morpholine rings is 1. The smallest absolute Gasteiger partial charge is 0.306 e. The summed E-state index contributed by atoms with van der Waals surface area (Å²) in [6.07, 6.45) is 5.66. The number of carbonyl (C=O) groups excluding carboxylic acids is 2. The number of hydrogen-bond acceptors (Lipinski definition) is 7. The number of rotatable bonds is 10. The van der Waals surface area contributed by atoms with Gasteiger partial charge in [0.25, 0.3) is 5.91 Å². The molecule has 3 heterocycles. The number of fused-ring (bicyclic) bond motifs is 1. The third kappa shape index (κ3) is 6.98. The van der Waals surface area contributed by atoms with Crippen LogP contribution in [0.3, 0.4) is 0 Å². The van der Waals surface area contributed by atoms with Crippen molar-refractivity contribution in [1.82, 2.24) is 14.4 Å². The average Bonchev–Trinajstić information content (AvgIpc) is 3.70. The van der Waals surface area contributed by atoms with Crippen molar-refractivity contribution in [3.05, 3.63) is 64.8 Å². The number of para-hydroxylation sites is 1. The Labute approximate surface area is 280 Å². The summed E-state index contributed by atoms with van der Waals surface area (Å²) in [7, 11) is 1.91. The number of amides is 1. The number of halogens is 1. The zero-order chi connectivity index (χ0) is 33.3. The molecule has 1 saturated carbocycles. The van der Waals surface area contributed by atoms with E-state index in [-0.39, 0.29) is 42.3 Å². The summed E-state index contributed by atoms with van der Waals surface area (Å²) in [4.78, 5) is 44.1. The number of carboxylic acids is 1. The van der Waals surface area contributed by atoms with E-state index in [0.29, 0.717) is 55.0 Å². The average molecular weight is 665 g/mol. The third-order valence-corrected chi connectivity index (χ3v) is 10.2. The van der Waals surface area contributed by atoms with Gasteiger partial charge in [0, 0.05) is 56.7 Å². The molecule has 1 aromatic heterocycles. The molecule has 6 rings (SSSR count). The number of ether oxygens (including phenoxy) is 2. The van der Waals surface area contributed by atoms with Gasteiger partial charge in [-0.05, 0) is 76.1 Å². The summed E-state index contributed by atoms with van der Waals surface area (Å²) in [6, 6.07) is 13.1. The van der Waals surface area contributed by atoms with Crippen LogP contribution in [0.4, 0.5) is 5.69 Å². The first-order chi connectivity index (χ1) is 22.5. The molecule has 11 heteroatoms. The molecule has 0 radical (unpaired) electrons. The Kier molecular flexibility index (Phi) is 10.1. The summed E-state index contributed by atoms with van der Waals surface area (Å²) >= 11 is 6.74. The second-order valence-electron chi connectivity index (χ2n) is 13.4. The molecule has 2 aliphatic heterocycles. The largest absolute Gasteiger partial charge is 0.481 e. The van der Waals surface area contributed by atoms with Gasteiger partial charge < -0.3 is 24.5 Å². The topological polar surface area (TPSA) is 113 Å². The minimum absolute atomic E-state index is 0.0790. The van der Waals surface area contributed by atoms with Crippen molar-refractivity contribution < 1.29 is 29.0 Å². The first-order valence-electron chi connectivity index (χ1n) is 16.8. The van der Waals surface area contributed by atoms with E-state index in [0.717, 1.165) is 42.4 Å². The quantitative estimate of drug-likeness (QED) is 0.283. The number of carbonyl (C=O) groups is 3. The molecule has 0 spiro atoms. The number of benzene rings is 2. The van der Waals surface area contributed by atoms with E-state index in [2.05, 4.69) is 15.1 Å². The highest BCUT2D eigenvalue weighted by atomic mass is 35.5. The number of carboxylic acid groups (broad SMARTS) is 1. The summed E-state index contributed by atoms with van der Waals surface area (Å²) in [5.41, 5.74) is 2.70. The molecule has 47 heavy (non-hydrogen) atoms. The molecule has 2 N–H and O–H groups in total. The fourth-order valence-corrected chi connectivity index (χ4v) is 7.91. The van der Waals surface area contributed by atoms with Crippen molar-refractivity contribution in [3.8, 4) is 0 Å². The SMILES string of the molecule is C[C@@H]1CN(C(OC2CCC(C(=O)O)CC2)(C(=O)Cc2ccc(NC(=O)c3cn(C)c4ccccc34)c(Cl)c2)N2CCCC2)C[C@H](C)O1. The highest BCUT2D eigenvalue weighted by molar-refractivity contribution is 6.34. The van der Waals surface area contributed by atoms with Gasteiger partial charge in [-0.15, -0.1) is 0 Å². The standard InChI is InChI=1S/C36H45ClN4O6/c1-23-20-41(21-24(2)46-23)36(40-16-6-7-17-40,47-27-13-11-26(12-14-27)35(44)45)33(42)19-25-10-15-31(30(37)18-25)38-34(43)29-22-39(3)32-9-5-4-8-28(29)32/h4-5,8-10,15,18,22-24,26-27H,6-7,11-14,16-17,19-21H2,1-3H3,(H,38,43)(H,44,45)/t23-,24+,26?,27?,36?. The van der Waals surface area contributed by atoms with E-state index in [4.69, 9.17) is 21.1 Å². The van der Waals surface area contributed by atoms with Gasteiger partial charge >= 0.3 is 5.97 Å². The van der Waals surface area contributed by atoms with Crippen molar-refractivity contribution >= 4 is 45.9 Å². The second-order valence-corrected chi connectivity index (χ2v) is 13.8. The number of ketones is 1. The lowest BCUT2D eigenvalue weighted by Crippen LogP contribution is -2.71. The van der Waals surface area contributed by atoms with Crippen LogP contribution in [-0.4, -0.2) is 87.5 Å². The molecule has 3 aromatic rings. The first kappa shape index (κ1) is 33.6. The van der Waals surface area contributed by atoms with Crippen LogP contribution in [-0.2, 0) is 32.5 Å². The maximum atomic E-state index is 14.8. The fourth-order valence-electron chi connectivity index (χ4n) is 7.66. The summed E-state index contributed by atoms with van der Waals surface area (Å²) < 4.78 is 15.0. The molecule has 1 unspecified atom stereocenters. The highest BCUT2D eigenvalue weighted by Crippen LogP contribution is 2.37. The van der Waals surface area contributed by atoms with Gasteiger partial charge in [-0.2, -0.15) is 0 Å². The molecule has 3 atom stereocenters. The maximum Gasteiger partial charge on any atom is 0.306 e. The maximum absolute atomic E-state index is 14.8. The predicted molar refractivity (Wildman–Crippen MR) is 181 cm³/mol. The Hall–Kier alpha value is -3.28. The van der Waals surface area contributed by atoms with Crippen LogP contribution in [0.1, 0.15) is 68.3 Å². The molecule has 1 aliphatic carbocycles. The van der Waals surface area contributed by atoms with Crippen LogP contribution >= 0.6 is 11.6 Å². The molecule has 2 saturated heterocycles. The lowest BCUT2D eigenvalue weighted by atomic mass is 9.87. The van der Waals surface area contributed by atoms with Gasteiger partial charge in [0.15, 0.2) is 5.78 Å². The van der Waals surface area contributed by atoms with Crippen LogP contribution in [0.5, 0.6) is 0 Å². The summed E-state index contributed by atoms with van der Waals surface area (Å²) in [6.45, 7) is 6.58. The monoisotopic (exact) mass is 664 g/mol. The molecule has 3 fully saturated rings. The Morgan fingerprint density at radius 3 is 2.34 bits per heavy atom. The number of anilines is 1. The third-order valence-electron chi connectivity index (χ3n) is 9.89. The first-order valence-corrected chi connectivity index (χ1v) is 17.2. The van der Waals surface area contributed by atoms with Crippen molar-refractivity contribution in [3.63, 3.8) is 0 Å². The second kappa shape index (κ2) is 14.1. The number of aryl methyl sites for hydroxylation is 1. The molecule has 2 aromatic carbocycles. The van der Waals surface area contributed by atoms with Crippen LogP contribution in [0, 0.1) is 5.92 Å². The number of hydrogen-bond donors (Lipinski definition) is 2. The van der Waals surface area contributed by atoms with Gasteiger partial charge in [-0.3, -0.25) is 24.2 Å². The molecular weight excluding hydrogens is 620 g/mol. The fraction of sp³-hybridized carbons (Fsp3) is 0.528. The number of nitrogens with zero attached hydrogens (tertiary/aromatic N) is 3. The normalized spacial score (nSPS) is 25.4. The minimum atomic E-state index is -1.31. The van der Waals surface area contributed by atoms with Gasteiger partial charge in [0.2, 0.25) is 5.85 Å². The number of aromatic nitrogens is 1. The summed E-state index contributed by atoms with van der Waals surface area (Å²) in [5, 5.41) is 13.7. The van der Waals surface area contributed by atoms with E-state index in [1.807, 2.05) is 55.8 Å². The molecular formula is C36H45ClN4O6. The lowest BCUT2D eigenvalue weighted by Gasteiger charge is -2.52. The molecule has 3 aliphatic rings. The van der Waals surface area contributed by atoms with Gasteiger partial charge in [-0.1, -0.05) is 35.9 Å². The Bertz CT molecular complexity index is 1620. The molecule has 252 valence electrons. The van der Waals surface area contributed by atoms with Crippen LogP contribution < -0.4 is 5.32 Å². The van der Waals surface area contributed by atoms with Gasteiger partial charge in [0.1, 0.15) is 0 Å². The van der Waals surface area contributed by atoms with Crippen molar-refractivity contribution in [2.75, 3.05) is 31.5 Å². The molecule has 0 bridgehead atoms. The Morgan fingerprint density at radius 1 is 1.00 bits per heavy atom. The highest BCUT2D eigenvalue weighted by Gasteiger charge is 2.54. The van der Waals surface area contributed by atoms with Crippen LogP contribution in [0.15, 0.2) is 48.7 Å². The van der Waals surface area contributed by atoms with Crippen molar-refractivity contribution in [2.24, 2.45) is 13.0 Å². The van der Waals surface area contributed by atoms with E-state index in [9.17, 15) is 19.5 Å². The molecule has 1 amide bonds. The number of likely N-dealkylation sites (tertiary alicyclic amines) is 1. The molecule has 10 nitrogen and oxygen atoms in total. The zero-order valence-corrected chi connectivity index (χ0v) is 28.2. The number of Topliss-reactive ketones (excluding diaryl/α,β-unsaturated/α-hetero) is 1. The Balaban J connectivity index is 1.26. The predicted octanol–water partition coefficient (Wildman–Crippen LogP) is 5.71. The Morgan fingerprint density at radius 2 is 1.68 bits per heavy atom. The number of nitrogens with one attached hydrogen (secondary N) is 1. The van der Waals surface area contributed by atoms with Crippen molar-refractivity contribution in [1.29, 1.82) is 0 Å². The number of aliphatic carboxylic acids is 1.